The zero-order valence-electron chi connectivity index (χ0n) is 14.1. The van der Waals surface area contributed by atoms with Crippen molar-refractivity contribution in [2.24, 2.45) is 0 Å². The van der Waals surface area contributed by atoms with Gasteiger partial charge in [-0.05, 0) is 49.1 Å². The van der Waals surface area contributed by atoms with E-state index in [0.29, 0.717) is 12.2 Å². The van der Waals surface area contributed by atoms with E-state index < -0.39 is 5.91 Å². The molecule has 0 atom stereocenters. The number of benzene rings is 2. The number of rotatable bonds is 7. The summed E-state index contributed by atoms with van der Waals surface area (Å²) in [6.45, 7) is 2.44. The van der Waals surface area contributed by atoms with Crippen LogP contribution in [0.4, 0.5) is 5.69 Å². The van der Waals surface area contributed by atoms with Crippen LogP contribution >= 0.6 is 0 Å². The first kappa shape index (κ1) is 18.1. The number of nitrogens with zero attached hydrogens (tertiary/aromatic N) is 1. The number of hydrogen-bond donors (Lipinski definition) is 3. The lowest BCUT2D eigenvalue weighted by atomic mass is 10.1. The minimum Gasteiger partial charge on any atom is -0.508 e. The SMILES string of the molecule is Cc1cc(O)ccc1NC(=O)/C(C#N)=C\NCCCc1ccccc1. The first-order valence-corrected chi connectivity index (χ1v) is 8.08. The van der Waals surface area contributed by atoms with Crippen molar-refractivity contribution >= 4 is 11.6 Å². The minimum absolute atomic E-state index is 0.00665. The van der Waals surface area contributed by atoms with Crippen molar-refractivity contribution in [2.45, 2.75) is 19.8 Å². The Balaban J connectivity index is 1.84. The number of amides is 1. The van der Waals surface area contributed by atoms with Crippen LogP contribution in [0.25, 0.3) is 0 Å². The van der Waals surface area contributed by atoms with Crippen LogP contribution in [0.5, 0.6) is 5.75 Å². The molecular weight excluding hydrogens is 314 g/mol. The first-order chi connectivity index (χ1) is 12.1. The third-order valence-corrected chi connectivity index (χ3v) is 3.70. The van der Waals surface area contributed by atoms with E-state index in [-0.39, 0.29) is 11.3 Å². The van der Waals surface area contributed by atoms with Crippen LogP contribution < -0.4 is 10.6 Å². The molecule has 128 valence electrons. The fourth-order valence-corrected chi connectivity index (χ4v) is 2.34. The highest BCUT2D eigenvalue weighted by Crippen LogP contribution is 2.20. The number of anilines is 1. The summed E-state index contributed by atoms with van der Waals surface area (Å²) < 4.78 is 0. The molecule has 0 aromatic heterocycles. The lowest BCUT2D eigenvalue weighted by Gasteiger charge is -2.08. The summed E-state index contributed by atoms with van der Waals surface area (Å²) in [6.07, 6.45) is 3.27. The highest BCUT2D eigenvalue weighted by atomic mass is 16.3. The van der Waals surface area contributed by atoms with Gasteiger partial charge in [0, 0.05) is 18.4 Å². The topological polar surface area (TPSA) is 85.2 Å². The van der Waals surface area contributed by atoms with E-state index in [9.17, 15) is 9.90 Å². The monoisotopic (exact) mass is 335 g/mol. The average molecular weight is 335 g/mol. The molecule has 0 radical (unpaired) electrons. The van der Waals surface area contributed by atoms with Gasteiger partial charge in [-0.1, -0.05) is 30.3 Å². The molecule has 0 unspecified atom stereocenters. The number of phenolic OH excluding ortho intramolecular Hbond substituents is 1. The second-order valence-electron chi connectivity index (χ2n) is 5.67. The molecule has 0 bridgehead atoms. The van der Waals surface area contributed by atoms with Crippen LogP contribution in [-0.4, -0.2) is 17.6 Å². The van der Waals surface area contributed by atoms with Crippen LogP contribution in [0.1, 0.15) is 17.5 Å². The van der Waals surface area contributed by atoms with Gasteiger partial charge in [-0.15, -0.1) is 0 Å². The Morgan fingerprint density at radius 3 is 2.68 bits per heavy atom. The number of aryl methyl sites for hydroxylation is 2. The van der Waals surface area contributed by atoms with Crippen molar-refractivity contribution in [3.8, 4) is 11.8 Å². The Bertz CT molecular complexity index is 792. The molecule has 5 heteroatoms. The van der Waals surface area contributed by atoms with E-state index in [2.05, 4.69) is 22.8 Å². The predicted molar refractivity (Wildman–Crippen MR) is 97.9 cm³/mol. The molecule has 0 aliphatic carbocycles. The molecule has 5 nitrogen and oxygen atoms in total. The molecule has 0 saturated heterocycles. The average Bonchev–Trinajstić information content (AvgIpc) is 2.61. The maximum Gasteiger partial charge on any atom is 0.267 e. The molecule has 2 rings (SSSR count). The Hall–Kier alpha value is -3.26. The van der Waals surface area contributed by atoms with Gasteiger partial charge in [-0.25, -0.2) is 0 Å². The van der Waals surface area contributed by atoms with Gasteiger partial charge in [-0.3, -0.25) is 4.79 Å². The summed E-state index contributed by atoms with van der Waals surface area (Å²) in [5, 5.41) is 24.2. The van der Waals surface area contributed by atoms with Crippen LogP contribution in [0.3, 0.4) is 0 Å². The highest BCUT2D eigenvalue weighted by molar-refractivity contribution is 6.06. The first-order valence-electron chi connectivity index (χ1n) is 8.08. The summed E-state index contributed by atoms with van der Waals surface area (Å²) in [5.41, 5.74) is 2.55. The molecule has 0 spiro atoms. The minimum atomic E-state index is -0.480. The van der Waals surface area contributed by atoms with E-state index in [0.717, 1.165) is 18.4 Å². The molecule has 1 amide bonds. The summed E-state index contributed by atoms with van der Waals surface area (Å²) in [7, 11) is 0. The van der Waals surface area contributed by atoms with Gasteiger partial charge < -0.3 is 15.7 Å². The number of carbonyl (C=O) groups excluding carboxylic acids is 1. The van der Waals surface area contributed by atoms with Crippen LogP contribution in [0.15, 0.2) is 60.3 Å². The Morgan fingerprint density at radius 1 is 1.24 bits per heavy atom. The molecule has 25 heavy (non-hydrogen) atoms. The maximum atomic E-state index is 12.2. The predicted octanol–water partition coefficient (Wildman–Crippen LogP) is 3.27. The third-order valence-electron chi connectivity index (χ3n) is 3.70. The smallest absolute Gasteiger partial charge is 0.267 e. The molecule has 0 fully saturated rings. The van der Waals surface area contributed by atoms with E-state index in [1.165, 1.54) is 17.8 Å². The van der Waals surface area contributed by atoms with E-state index in [4.69, 9.17) is 5.26 Å². The standard InChI is InChI=1S/C20H21N3O2/c1-15-12-18(24)9-10-19(15)23-20(25)17(13-21)14-22-11-5-8-16-6-3-2-4-7-16/h2-4,6-7,9-10,12,14,22,24H,5,8,11H2,1H3,(H,23,25)/b17-14-. The molecule has 0 aliphatic heterocycles. The van der Waals surface area contributed by atoms with Crippen LogP contribution in [0.2, 0.25) is 0 Å². The number of nitriles is 1. The largest absolute Gasteiger partial charge is 0.508 e. The molecule has 2 aromatic rings. The van der Waals surface area contributed by atoms with Gasteiger partial charge in [0.1, 0.15) is 17.4 Å². The zero-order valence-corrected chi connectivity index (χ0v) is 14.1. The summed E-state index contributed by atoms with van der Waals surface area (Å²) in [4.78, 5) is 12.2. The number of carbonyl (C=O) groups is 1. The van der Waals surface area contributed by atoms with Crippen molar-refractivity contribution in [2.75, 3.05) is 11.9 Å². The van der Waals surface area contributed by atoms with Crippen LogP contribution in [0, 0.1) is 18.3 Å². The van der Waals surface area contributed by atoms with E-state index in [1.54, 1.807) is 19.1 Å². The molecule has 0 heterocycles. The number of nitrogens with one attached hydrogen (secondary N) is 2. The Morgan fingerprint density at radius 2 is 2.00 bits per heavy atom. The second-order valence-corrected chi connectivity index (χ2v) is 5.67. The molecule has 0 saturated carbocycles. The van der Waals surface area contributed by atoms with Gasteiger partial charge in [0.2, 0.25) is 0 Å². The number of aromatic hydroxyl groups is 1. The number of phenols is 1. The van der Waals surface area contributed by atoms with Gasteiger partial charge >= 0.3 is 0 Å². The summed E-state index contributed by atoms with van der Waals surface area (Å²) in [6, 6.07) is 16.7. The van der Waals surface area contributed by atoms with E-state index >= 15 is 0 Å². The lowest BCUT2D eigenvalue weighted by molar-refractivity contribution is -0.112. The number of hydrogen-bond acceptors (Lipinski definition) is 4. The summed E-state index contributed by atoms with van der Waals surface area (Å²) >= 11 is 0. The molecular formula is C20H21N3O2. The fraction of sp³-hybridized carbons (Fsp3) is 0.200. The van der Waals surface area contributed by atoms with Crippen molar-refractivity contribution in [1.29, 1.82) is 5.26 Å². The van der Waals surface area contributed by atoms with E-state index in [1.807, 2.05) is 24.3 Å². The second kappa shape index (κ2) is 9.14. The lowest BCUT2D eigenvalue weighted by Crippen LogP contribution is -2.18. The van der Waals surface area contributed by atoms with Crippen molar-refractivity contribution in [1.82, 2.24) is 5.32 Å². The fourth-order valence-electron chi connectivity index (χ4n) is 2.34. The highest BCUT2D eigenvalue weighted by Gasteiger charge is 2.10. The maximum absolute atomic E-state index is 12.2. The molecule has 3 N–H and O–H groups in total. The van der Waals surface area contributed by atoms with Gasteiger partial charge in [0.25, 0.3) is 5.91 Å². The van der Waals surface area contributed by atoms with Crippen molar-refractivity contribution in [3.05, 3.63) is 71.4 Å². The van der Waals surface area contributed by atoms with Gasteiger partial charge in [0.05, 0.1) is 0 Å². The Labute approximate surface area is 147 Å². The van der Waals surface area contributed by atoms with Gasteiger partial charge in [-0.2, -0.15) is 5.26 Å². The quantitative estimate of drug-likeness (QED) is 0.314. The van der Waals surface area contributed by atoms with Crippen molar-refractivity contribution in [3.63, 3.8) is 0 Å². The van der Waals surface area contributed by atoms with Crippen LogP contribution in [-0.2, 0) is 11.2 Å². The third kappa shape index (κ3) is 5.70. The molecule has 0 aliphatic rings. The zero-order chi connectivity index (χ0) is 18.1. The summed E-state index contributed by atoms with van der Waals surface area (Å²) in [5.74, 6) is -0.349. The molecule has 2 aromatic carbocycles. The van der Waals surface area contributed by atoms with Crippen molar-refractivity contribution < 1.29 is 9.90 Å². The normalized spacial score (nSPS) is 10.8. The Kier molecular flexibility index (Phi) is 6.61. The van der Waals surface area contributed by atoms with Gasteiger partial charge in [0.15, 0.2) is 0 Å².